The second-order valence-electron chi connectivity index (χ2n) is 7.16. The standard InChI is InChI=1S/C17H22BrNO3/c1-10-12-9-11(18)7-8-13(12)19(17(5,6)14(10)20)15(21)22-16(2,3)4/h7-10H,1-6H3. The maximum absolute atomic E-state index is 12.7. The van der Waals surface area contributed by atoms with E-state index in [1.807, 2.05) is 45.9 Å². The molecule has 0 saturated carbocycles. The van der Waals surface area contributed by atoms with E-state index in [1.165, 1.54) is 4.90 Å². The van der Waals surface area contributed by atoms with E-state index in [2.05, 4.69) is 15.9 Å². The molecule has 0 saturated heterocycles. The Morgan fingerprint density at radius 3 is 2.45 bits per heavy atom. The number of carbonyl (C=O) groups is 2. The van der Waals surface area contributed by atoms with E-state index in [9.17, 15) is 9.59 Å². The summed E-state index contributed by atoms with van der Waals surface area (Å²) >= 11 is 3.43. The molecule has 1 aliphatic heterocycles. The summed E-state index contributed by atoms with van der Waals surface area (Å²) in [5.74, 6) is -0.259. The number of Topliss-reactive ketones (excluding diaryl/α,β-unsaturated/α-hetero) is 1. The minimum Gasteiger partial charge on any atom is -0.443 e. The number of hydrogen-bond donors (Lipinski definition) is 0. The van der Waals surface area contributed by atoms with Crippen LogP contribution in [0.25, 0.3) is 0 Å². The first-order valence-corrected chi connectivity index (χ1v) is 8.11. The van der Waals surface area contributed by atoms with E-state index in [1.54, 1.807) is 13.8 Å². The zero-order valence-electron chi connectivity index (χ0n) is 13.9. The van der Waals surface area contributed by atoms with Crippen molar-refractivity contribution >= 4 is 33.5 Å². The van der Waals surface area contributed by atoms with Gasteiger partial charge in [-0.2, -0.15) is 0 Å². The molecule has 120 valence electrons. The fourth-order valence-electron chi connectivity index (χ4n) is 2.79. The molecule has 5 heteroatoms. The molecule has 1 aromatic rings. The number of ketones is 1. The summed E-state index contributed by atoms with van der Waals surface area (Å²) in [7, 11) is 0. The number of benzene rings is 1. The Labute approximate surface area is 140 Å². The first-order valence-electron chi connectivity index (χ1n) is 7.32. The van der Waals surface area contributed by atoms with E-state index in [-0.39, 0.29) is 11.7 Å². The predicted octanol–water partition coefficient (Wildman–Crippen LogP) is 4.66. The summed E-state index contributed by atoms with van der Waals surface area (Å²) in [5.41, 5.74) is 0.0105. The highest BCUT2D eigenvalue weighted by Gasteiger charge is 2.48. The van der Waals surface area contributed by atoms with Crippen molar-refractivity contribution in [1.29, 1.82) is 0 Å². The summed E-state index contributed by atoms with van der Waals surface area (Å²) in [6.07, 6.45) is -0.499. The lowest BCUT2D eigenvalue weighted by Gasteiger charge is -2.44. The van der Waals surface area contributed by atoms with Crippen molar-refractivity contribution in [1.82, 2.24) is 0 Å². The summed E-state index contributed by atoms with van der Waals surface area (Å²) in [4.78, 5) is 26.9. The maximum atomic E-state index is 12.7. The molecule has 0 bridgehead atoms. The monoisotopic (exact) mass is 367 g/mol. The number of fused-ring (bicyclic) bond motifs is 1. The fraction of sp³-hybridized carbons (Fsp3) is 0.529. The van der Waals surface area contributed by atoms with Crippen LogP contribution < -0.4 is 4.90 Å². The maximum Gasteiger partial charge on any atom is 0.415 e. The van der Waals surface area contributed by atoms with E-state index in [4.69, 9.17) is 4.74 Å². The molecule has 2 rings (SSSR count). The molecule has 1 aliphatic rings. The smallest absolute Gasteiger partial charge is 0.415 e. The van der Waals surface area contributed by atoms with E-state index >= 15 is 0 Å². The first-order chi connectivity index (χ1) is 9.95. The quantitative estimate of drug-likeness (QED) is 0.669. The number of ether oxygens (including phenoxy) is 1. The molecule has 0 aromatic heterocycles. The van der Waals surface area contributed by atoms with Crippen LogP contribution in [-0.4, -0.2) is 23.0 Å². The average Bonchev–Trinajstić information content (AvgIpc) is 2.35. The van der Waals surface area contributed by atoms with Gasteiger partial charge in [0.25, 0.3) is 0 Å². The van der Waals surface area contributed by atoms with Crippen molar-refractivity contribution in [2.45, 2.75) is 58.6 Å². The molecule has 0 radical (unpaired) electrons. The molecule has 1 unspecified atom stereocenters. The molecular formula is C17H22BrNO3. The second-order valence-corrected chi connectivity index (χ2v) is 8.08. The topological polar surface area (TPSA) is 46.6 Å². The Morgan fingerprint density at radius 2 is 1.91 bits per heavy atom. The Morgan fingerprint density at radius 1 is 1.32 bits per heavy atom. The predicted molar refractivity (Wildman–Crippen MR) is 90.4 cm³/mol. The van der Waals surface area contributed by atoms with Crippen molar-refractivity contribution in [3.63, 3.8) is 0 Å². The summed E-state index contributed by atoms with van der Waals surface area (Å²) in [5, 5.41) is 0. The minimum absolute atomic E-state index is 0.00367. The Balaban J connectivity index is 2.58. The van der Waals surface area contributed by atoms with Crippen molar-refractivity contribution in [3.8, 4) is 0 Å². The third-order valence-electron chi connectivity index (χ3n) is 3.83. The van der Waals surface area contributed by atoms with Gasteiger partial charge in [-0.3, -0.25) is 9.69 Å². The van der Waals surface area contributed by atoms with Gasteiger partial charge in [0.1, 0.15) is 11.1 Å². The van der Waals surface area contributed by atoms with Crippen LogP contribution in [0.5, 0.6) is 0 Å². The largest absolute Gasteiger partial charge is 0.443 e. The van der Waals surface area contributed by atoms with Gasteiger partial charge in [-0.05, 0) is 58.4 Å². The Bertz CT molecular complexity index is 631. The third kappa shape index (κ3) is 2.91. The van der Waals surface area contributed by atoms with Gasteiger partial charge in [-0.1, -0.05) is 22.9 Å². The van der Waals surface area contributed by atoms with Crippen LogP contribution in [0.4, 0.5) is 10.5 Å². The SMILES string of the molecule is CC1C(=O)C(C)(C)N(C(=O)OC(C)(C)C)c2ccc(Br)cc21. The van der Waals surface area contributed by atoms with Gasteiger partial charge in [0, 0.05) is 10.4 Å². The molecule has 1 amide bonds. The van der Waals surface area contributed by atoms with Gasteiger partial charge in [0.2, 0.25) is 0 Å². The molecule has 1 atom stereocenters. The molecule has 22 heavy (non-hydrogen) atoms. The highest BCUT2D eigenvalue weighted by molar-refractivity contribution is 9.10. The van der Waals surface area contributed by atoms with E-state index < -0.39 is 17.2 Å². The Kier molecular flexibility index (Phi) is 4.15. The van der Waals surface area contributed by atoms with E-state index in [0.29, 0.717) is 0 Å². The van der Waals surface area contributed by atoms with Crippen LogP contribution in [-0.2, 0) is 9.53 Å². The average molecular weight is 368 g/mol. The molecule has 1 heterocycles. The molecule has 1 aromatic carbocycles. The van der Waals surface area contributed by atoms with Gasteiger partial charge in [-0.15, -0.1) is 0 Å². The lowest BCUT2D eigenvalue weighted by Crippen LogP contribution is -2.58. The molecule has 0 fully saturated rings. The van der Waals surface area contributed by atoms with Gasteiger partial charge in [0.15, 0.2) is 5.78 Å². The summed E-state index contributed by atoms with van der Waals surface area (Å²) in [6.45, 7) is 10.8. The highest BCUT2D eigenvalue weighted by Crippen LogP contribution is 2.42. The highest BCUT2D eigenvalue weighted by atomic mass is 79.9. The number of rotatable bonds is 0. The number of hydrogen-bond acceptors (Lipinski definition) is 3. The van der Waals surface area contributed by atoms with Crippen LogP contribution in [0.3, 0.4) is 0 Å². The van der Waals surface area contributed by atoms with Crippen LogP contribution in [0.15, 0.2) is 22.7 Å². The van der Waals surface area contributed by atoms with Gasteiger partial charge >= 0.3 is 6.09 Å². The third-order valence-corrected chi connectivity index (χ3v) is 4.32. The molecule has 4 nitrogen and oxygen atoms in total. The molecule has 0 aliphatic carbocycles. The van der Waals surface area contributed by atoms with Gasteiger partial charge in [0.05, 0.1) is 5.69 Å². The number of nitrogens with zero attached hydrogens (tertiary/aromatic N) is 1. The van der Waals surface area contributed by atoms with Crippen LogP contribution >= 0.6 is 15.9 Å². The zero-order chi connectivity index (χ0) is 16.9. The lowest BCUT2D eigenvalue weighted by atomic mass is 9.79. The van der Waals surface area contributed by atoms with Crippen molar-refractivity contribution < 1.29 is 14.3 Å². The summed E-state index contributed by atoms with van der Waals surface area (Å²) < 4.78 is 6.39. The molecule has 0 spiro atoms. The van der Waals surface area contributed by atoms with Crippen molar-refractivity contribution in [3.05, 3.63) is 28.2 Å². The lowest BCUT2D eigenvalue weighted by molar-refractivity contribution is -0.124. The number of amides is 1. The van der Waals surface area contributed by atoms with Crippen LogP contribution in [0, 0.1) is 0 Å². The van der Waals surface area contributed by atoms with Crippen LogP contribution in [0.1, 0.15) is 53.0 Å². The molecular weight excluding hydrogens is 346 g/mol. The number of halogens is 1. The Hall–Kier alpha value is -1.36. The zero-order valence-corrected chi connectivity index (χ0v) is 15.4. The molecule has 0 N–H and O–H groups in total. The van der Waals surface area contributed by atoms with Gasteiger partial charge < -0.3 is 4.74 Å². The normalized spacial score (nSPS) is 20.6. The number of anilines is 1. The second kappa shape index (κ2) is 5.37. The van der Waals surface area contributed by atoms with Gasteiger partial charge in [-0.25, -0.2) is 4.79 Å². The van der Waals surface area contributed by atoms with Crippen LogP contribution in [0.2, 0.25) is 0 Å². The van der Waals surface area contributed by atoms with Crippen molar-refractivity contribution in [2.75, 3.05) is 4.90 Å². The van der Waals surface area contributed by atoms with Crippen molar-refractivity contribution in [2.24, 2.45) is 0 Å². The fourth-order valence-corrected chi connectivity index (χ4v) is 3.17. The first kappa shape index (κ1) is 17.0. The van der Waals surface area contributed by atoms with E-state index in [0.717, 1.165) is 15.7 Å². The summed E-state index contributed by atoms with van der Waals surface area (Å²) in [6, 6.07) is 5.62. The minimum atomic E-state index is -0.942. The number of carbonyl (C=O) groups excluding carboxylic acids is 2.